The van der Waals surface area contributed by atoms with Crippen molar-refractivity contribution in [2.75, 3.05) is 13.1 Å². The summed E-state index contributed by atoms with van der Waals surface area (Å²) in [6.45, 7) is 6.87. The molecule has 106 valence electrons. The third-order valence-corrected chi connectivity index (χ3v) is 3.01. The summed E-state index contributed by atoms with van der Waals surface area (Å²) in [4.78, 5) is 11.5. The van der Waals surface area contributed by atoms with Gasteiger partial charge in [0.05, 0.1) is 11.6 Å². The highest BCUT2D eigenvalue weighted by atomic mass is 35.5. The zero-order valence-electron chi connectivity index (χ0n) is 11.5. The Morgan fingerprint density at radius 2 is 2.05 bits per heavy atom. The molecule has 0 aliphatic heterocycles. The third-order valence-electron chi connectivity index (χ3n) is 2.72. The Hall–Kier alpha value is -1.13. The number of carbonyl (C=O) groups excluding carboxylic acids is 1. The van der Waals surface area contributed by atoms with Crippen LogP contribution in [0.5, 0.6) is 0 Å². The average Bonchev–Trinajstić information content (AvgIpc) is 2.36. The van der Waals surface area contributed by atoms with Crippen LogP contribution < -0.4 is 10.6 Å². The number of carbonyl (C=O) groups is 1. The molecule has 1 aromatic rings. The lowest BCUT2D eigenvalue weighted by atomic mass is 10.1. The maximum atomic E-state index is 13.0. The summed E-state index contributed by atoms with van der Waals surface area (Å²) in [7, 11) is 0. The predicted molar refractivity (Wildman–Crippen MR) is 75.7 cm³/mol. The SMILES string of the molecule is CC(C)CNC(=O)CNC(C)c1ccc(F)c(Cl)c1. The molecule has 0 heterocycles. The van der Waals surface area contributed by atoms with Crippen molar-refractivity contribution in [3.05, 3.63) is 34.6 Å². The van der Waals surface area contributed by atoms with Crippen LogP contribution >= 0.6 is 11.6 Å². The highest BCUT2D eigenvalue weighted by molar-refractivity contribution is 6.30. The number of rotatable bonds is 6. The maximum Gasteiger partial charge on any atom is 0.233 e. The Bertz CT molecular complexity index is 437. The molecule has 0 spiro atoms. The lowest BCUT2D eigenvalue weighted by Crippen LogP contribution is -2.36. The molecular formula is C14H20ClFN2O. The van der Waals surface area contributed by atoms with E-state index in [2.05, 4.69) is 10.6 Å². The molecule has 0 bridgehead atoms. The van der Waals surface area contributed by atoms with Crippen LogP contribution in [-0.4, -0.2) is 19.0 Å². The van der Waals surface area contributed by atoms with E-state index in [1.54, 1.807) is 12.1 Å². The van der Waals surface area contributed by atoms with Crippen LogP contribution in [0.3, 0.4) is 0 Å². The largest absolute Gasteiger partial charge is 0.355 e. The molecule has 1 unspecified atom stereocenters. The Balaban J connectivity index is 2.44. The zero-order chi connectivity index (χ0) is 14.4. The van der Waals surface area contributed by atoms with Gasteiger partial charge in [-0.25, -0.2) is 4.39 Å². The van der Waals surface area contributed by atoms with Crippen molar-refractivity contribution in [3.63, 3.8) is 0 Å². The van der Waals surface area contributed by atoms with Crippen molar-refractivity contribution >= 4 is 17.5 Å². The summed E-state index contributed by atoms with van der Waals surface area (Å²) in [5.74, 6) is -0.0571. The molecule has 1 atom stereocenters. The van der Waals surface area contributed by atoms with E-state index in [9.17, 15) is 9.18 Å². The second kappa shape index (κ2) is 7.46. The van der Waals surface area contributed by atoms with Crippen molar-refractivity contribution in [3.8, 4) is 0 Å². The van der Waals surface area contributed by atoms with Gasteiger partial charge in [0.1, 0.15) is 5.82 Å². The van der Waals surface area contributed by atoms with Crippen molar-refractivity contribution in [2.45, 2.75) is 26.8 Å². The first kappa shape index (κ1) is 15.9. The molecule has 1 rings (SSSR count). The van der Waals surface area contributed by atoms with Crippen LogP contribution in [0.1, 0.15) is 32.4 Å². The number of benzene rings is 1. The Morgan fingerprint density at radius 3 is 2.63 bits per heavy atom. The molecule has 3 nitrogen and oxygen atoms in total. The fraction of sp³-hybridized carbons (Fsp3) is 0.500. The number of hydrogen-bond acceptors (Lipinski definition) is 2. The lowest BCUT2D eigenvalue weighted by molar-refractivity contribution is -0.120. The molecular weight excluding hydrogens is 267 g/mol. The van der Waals surface area contributed by atoms with Crippen LogP contribution in [0.4, 0.5) is 4.39 Å². The second-order valence-electron chi connectivity index (χ2n) is 4.97. The van der Waals surface area contributed by atoms with Gasteiger partial charge in [0.25, 0.3) is 0 Å². The van der Waals surface area contributed by atoms with Gasteiger partial charge in [0.2, 0.25) is 5.91 Å². The third kappa shape index (κ3) is 5.57. The van der Waals surface area contributed by atoms with Gasteiger partial charge in [-0.3, -0.25) is 4.79 Å². The van der Waals surface area contributed by atoms with Gasteiger partial charge in [-0.2, -0.15) is 0 Å². The Labute approximate surface area is 118 Å². The quantitative estimate of drug-likeness (QED) is 0.844. The fourth-order valence-electron chi connectivity index (χ4n) is 1.53. The minimum Gasteiger partial charge on any atom is -0.355 e. The fourth-order valence-corrected chi connectivity index (χ4v) is 1.71. The van der Waals surface area contributed by atoms with Gasteiger partial charge >= 0.3 is 0 Å². The van der Waals surface area contributed by atoms with E-state index in [0.717, 1.165) is 5.56 Å². The monoisotopic (exact) mass is 286 g/mol. The van der Waals surface area contributed by atoms with Crippen LogP contribution in [0.15, 0.2) is 18.2 Å². The molecule has 0 saturated heterocycles. The topological polar surface area (TPSA) is 41.1 Å². The van der Waals surface area contributed by atoms with Crippen LogP contribution in [0.25, 0.3) is 0 Å². The Kier molecular flexibility index (Phi) is 6.25. The molecule has 0 saturated carbocycles. The lowest BCUT2D eigenvalue weighted by Gasteiger charge is -2.15. The molecule has 0 aromatic heterocycles. The van der Waals surface area contributed by atoms with E-state index in [0.29, 0.717) is 12.5 Å². The molecule has 1 amide bonds. The van der Waals surface area contributed by atoms with Gasteiger partial charge in [-0.1, -0.05) is 31.5 Å². The highest BCUT2D eigenvalue weighted by Crippen LogP contribution is 2.20. The molecule has 2 N–H and O–H groups in total. The molecule has 0 fully saturated rings. The number of hydrogen-bond donors (Lipinski definition) is 2. The first-order valence-electron chi connectivity index (χ1n) is 6.35. The second-order valence-corrected chi connectivity index (χ2v) is 5.38. The summed E-state index contributed by atoms with van der Waals surface area (Å²) < 4.78 is 13.0. The first-order valence-corrected chi connectivity index (χ1v) is 6.73. The van der Waals surface area contributed by atoms with E-state index in [1.807, 2.05) is 20.8 Å². The van der Waals surface area contributed by atoms with E-state index < -0.39 is 5.82 Å². The van der Waals surface area contributed by atoms with Crippen LogP contribution in [0.2, 0.25) is 5.02 Å². The van der Waals surface area contributed by atoms with E-state index in [-0.39, 0.29) is 23.5 Å². The van der Waals surface area contributed by atoms with Crippen molar-refractivity contribution in [2.24, 2.45) is 5.92 Å². The highest BCUT2D eigenvalue weighted by Gasteiger charge is 2.10. The van der Waals surface area contributed by atoms with Crippen LogP contribution in [-0.2, 0) is 4.79 Å². The van der Waals surface area contributed by atoms with E-state index in [1.165, 1.54) is 6.07 Å². The van der Waals surface area contributed by atoms with Gasteiger partial charge < -0.3 is 10.6 Å². The van der Waals surface area contributed by atoms with E-state index >= 15 is 0 Å². The van der Waals surface area contributed by atoms with Gasteiger partial charge in [0, 0.05) is 12.6 Å². The maximum absolute atomic E-state index is 13.0. The molecule has 19 heavy (non-hydrogen) atoms. The summed E-state index contributed by atoms with van der Waals surface area (Å²) in [6, 6.07) is 4.49. The first-order chi connectivity index (χ1) is 8.90. The minimum absolute atomic E-state index is 0.0474. The van der Waals surface area contributed by atoms with E-state index in [4.69, 9.17) is 11.6 Å². The van der Waals surface area contributed by atoms with Gasteiger partial charge in [-0.05, 0) is 30.5 Å². The molecule has 0 radical (unpaired) electrons. The predicted octanol–water partition coefficient (Wildman–Crippen LogP) is 2.90. The molecule has 0 aliphatic carbocycles. The molecule has 0 aliphatic rings. The average molecular weight is 287 g/mol. The molecule has 5 heteroatoms. The standard InChI is InChI=1S/C14H20ClFN2O/c1-9(2)7-18-14(19)8-17-10(3)11-4-5-13(16)12(15)6-11/h4-6,9-10,17H,7-8H2,1-3H3,(H,18,19). The van der Waals surface area contributed by atoms with Crippen molar-refractivity contribution in [1.29, 1.82) is 0 Å². The number of amides is 1. The molecule has 1 aromatic carbocycles. The summed E-state index contributed by atoms with van der Waals surface area (Å²) in [6.07, 6.45) is 0. The minimum atomic E-state index is -0.438. The van der Waals surface area contributed by atoms with Gasteiger partial charge in [0.15, 0.2) is 0 Å². The van der Waals surface area contributed by atoms with Gasteiger partial charge in [-0.15, -0.1) is 0 Å². The van der Waals surface area contributed by atoms with Crippen molar-refractivity contribution < 1.29 is 9.18 Å². The smallest absolute Gasteiger partial charge is 0.233 e. The summed E-state index contributed by atoms with van der Waals surface area (Å²) in [5, 5.41) is 5.99. The van der Waals surface area contributed by atoms with Crippen molar-refractivity contribution in [1.82, 2.24) is 10.6 Å². The Morgan fingerprint density at radius 1 is 1.37 bits per heavy atom. The van der Waals surface area contributed by atoms with Crippen LogP contribution in [0, 0.1) is 11.7 Å². The number of nitrogens with one attached hydrogen (secondary N) is 2. The normalized spacial score (nSPS) is 12.5. The number of halogens is 2. The zero-order valence-corrected chi connectivity index (χ0v) is 12.2. The summed E-state index contributed by atoms with van der Waals surface area (Å²) >= 11 is 5.72. The summed E-state index contributed by atoms with van der Waals surface area (Å²) in [5.41, 5.74) is 0.850.